The first-order valence-corrected chi connectivity index (χ1v) is 7.25. The molecule has 102 valence electrons. The Hall–Kier alpha value is -1.79. The van der Waals surface area contributed by atoms with Crippen LogP contribution in [0.1, 0.15) is 5.69 Å². The fourth-order valence-electron chi connectivity index (χ4n) is 1.72. The molecule has 0 saturated carbocycles. The molecule has 0 amide bonds. The van der Waals surface area contributed by atoms with E-state index in [1.807, 2.05) is 24.3 Å². The monoisotopic (exact) mass is 306 g/mol. The van der Waals surface area contributed by atoms with Gasteiger partial charge in [-0.1, -0.05) is 23.4 Å². The minimum Gasteiger partial charge on any atom is -0.497 e. The highest BCUT2D eigenvalue weighted by molar-refractivity contribution is 7.98. The normalized spacial score (nSPS) is 10.9. The van der Waals surface area contributed by atoms with Gasteiger partial charge < -0.3 is 9.72 Å². The van der Waals surface area contributed by atoms with Crippen LogP contribution in [0.5, 0.6) is 5.75 Å². The van der Waals surface area contributed by atoms with Gasteiger partial charge in [-0.25, -0.2) is 4.98 Å². The number of methoxy groups -OCH3 is 1. The fourth-order valence-corrected chi connectivity index (χ4v) is 2.61. The first-order chi connectivity index (χ1) is 9.74. The van der Waals surface area contributed by atoms with Crippen LogP contribution in [0.25, 0.3) is 11.0 Å². The van der Waals surface area contributed by atoms with Crippen molar-refractivity contribution >= 4 is 34.4 Å². The van der Waals surface area contributed by atoms with E-state index in [0.29, 0.717) is 10.9 Å². The van der Waals surface area contributed by atoms with Crippen LogP contribution in [0, 0.1) is 0 Å². The lowest BCUT2D eigenvalue weighted by Crippen LogP contribution is -1.90. The quantitative estimate of drug-likeness (QED) is 0.749. The van der Waals surface area contributed by atoms with Crippen molar-refractivity contribution in [1.29, 1.82) is 0 Å². The summed E-state index contributed by atoms with van der Waals surface area (Å²) in [4.78, 5) is 7.75. The van der Waals surface area contributed by atoms with Crippen LogP contribution in [0.15, 0.2) is 35.5 Å². The summed E-state index contributed by atoms with van der Waals surface area (Å²) in [5.74, 6) is 1.49. The Morgan fingerprint density at radius 2 is 2.15 bits per heavy atom. The van der Waals surface area contributed by atoms with Crippen molar-refractivity contribution in [1.82, 2.24) is 20.2 Å². The highest BCUT2D eigenvalue weighted by Crippen LogP contribution is 2.24. The van der Waals surface area contributed by atoms with E-state index in [-0.39, 0.29) is 0 Å². The number of halogens is 1. The number of aromatic amines is 1. The van der Waals surface area contributed by atoms with E-state index in [1.54, 1.807) is 24.9 Å². The SMILES string of the molecule is COc1ccc2nc(SCc3ccc(Cl)nn3)[nH]c2c1. The standard InChI is InChI=1S/C13H11ClN4OS/c1-19-9-3-4-10-11(6-9)16-13(15-10)20-7-8-2-5-12(14)18-17-8/h2-6H,7H2,1H3,(H,15,16). The minimum atomic E-state index is 0.398. The van der Waals surface area contributed by atoms with Crippen molar-refractivity contribution in [2.24, 2.45) is 0 Å². The molecule has 0 spiro atoms. The van der Waals surface area contributed by atoms with Crippen molar-refractivity contribution in [2.45, 2.75) is 10.9 Å². The third-order valence-electron chi connectivity index (χ3n) is 2.71. The molecule has 0 aliphatic heterocycles. The maximum Gasteiger partial charge on any atom is 0.166 e. The number of H-pyrrole nitrogens is 1. The number of ether oxygens (including phenoxy) is 1. The van der Waals surface area contributed by atoms with Gasteiger partial charge in [0.2, 0.25) is 0 Å². The predicted molar refractivity (Wildman–Crippen MR) is 79.2 cm³/mol. The molecule has 3 rings (SSSR count). The third-order valence-corrected chi connectivity index (χ3v) is 3.82. The minimum absolute atomic E-state index is 0.398. The van der Waals surface area contributed by atoms with Crippen LogP contribution in [0.2, 0.25) is 5.15 Å². The van der Waals surface area contributed by atoms with E-state index in [9.17, 15) is 0 Å². The van der Waals surface area contributed by atoms with E-state index >= 15 is 0 Å². The Morgan fingerprint density at radius 3 is 2.90 bits per heavy atom. The van der Waals surface area contributed by atoms with Gasteiger partial charge in [0, 0.05) is 11.8 Å². The van der Waals surface area contributed by atoms with Crippen LogP contribution in [-0.4, -0.2) is 27.3 Å². The van der Waals surface area contributed by atoms with E-state index in [1.165, 1.54) is 0 Å². The van der Waals surface area contributed by atoms with Crippen LogP contribution in [0.3, 0.4) is 0 Å². The zero-order valence-electron chi connectivity index (χ0n) is 10.6. The summed E-state index contributed by atoms with van der Waals surface area (Å²) in [6.45, 7) is 0. The molecule has 0 radical (unpaired) electrons. The summed E-state index contributed by atoms with van der Waals surface area (Å²) in [5.41, 5.74) is 2.72. The van der Waals surface area contributed by atoms with Crippen LogP contribution < -0.4 is 4.74 Å². The van der Waals surface area contributed by atoms with Gasteiger partial charge in [0.1, 0.15) is 5.75 Å². The zero-order valence-corrected chi connectivity index (χ0v) is 12.2. The number of aromatic nitrogens is 4. The second-order valence-electron chi connectivity index (χ2n) is 4.06. The number of rotatable bonds is 4. The number of fused-ring (bicyclic) bond motifs is 1. The van der Waals surface area contributed by atoms with Gasteiger partial charge in [-0.3, -0.25) is 0 Å². The largest absolute Gasteiger partial charge is 0.497 e. The molecule has 2 aromatic heterocycles. The van der Waals surface area contributed by atoms with Crippen molar-refractivity contribution < 1.29 is 4.74 Å². The van der Waals surface area contributed by atoms with Crippen LogP contribution in [-0.2, 0) is 5.75 Å². The van der Waals surface area contributed by atoms with Gasteiger partial charge in [-0.2, -0.15) is 5.10 Å². The Morgan fingerprint density at radius 1 is 1.25 bits per heavy atom. The first-order valence-electron chi connectivity index (χ1n) is 5.89. The van der Waals surface area contributed by atoms with Crippen molar-refractivity contribution in [2.75, 3.05) is 7.11 Å². The first kappa shape index (κ1) is 13.2. The van der Waals surface area contributed by atoms with Gasteiger partial charge in [0.25, 0.3) is 0 Å². The lowest BCUT2D eigenvalue weighted by atomic mass is 10.3. The van der Waals surface area contributed by atoms with Crippen molar-refractivity contribution in [3.63, 3.8) is 0 Å². The molecule has 7 heteroatoms. The molecule has 2 heterocycles. The zero-order chi connectivity index (χ0) is 13.9. The molecule has 20 heavy (non-hydrogen) atoms. The van der Waals surface area contributed by atoms with E-state index in [4.69, 9.17) is 16.3 Å². The van der Waals surface area contributed by atoms with Gasteiger partial charge in [0.15, 0.2) is 10.3 Å². The molecule has 0 saturated heterocycles. The lowest BCUT2D eigenvalue weighted by molar-refractivity contribution is 0.415. The molecule has 5 nitrogen and oxygen atoms in total. The average Bonchev–Trinajstić information content (AvgIpc) is 2.88. The summed E-state index contributed by atoms with van der Waals surface area (Å²) in [6, 6.07) is 9.33. The maximum atomic E-state index is 5.70. The number of hydrogen-bond donors (Lipinski definition) is 1. The van der Waals surface area contributed by atoms with E-state index in [2.05, 4.69) is 20.2 Å². The summed E-state index contributed by atoms with van der Waals surface area (Å²) >= 11 is 7.27. The van der Waals surface area contributed by atoms with Gasteiger partial charge in [-0.15, -0.1) is 5.10 Å². The molecule has 0 fully saturated rings. The highest BCUT2D eigenvalue weighted by Gasteiger charge is 2.06. The van der Waals surface area contributed by atoms with Crippen LogP contribution in [0.4, 0.5) is 0 Å². The Bertz CT molecular complexity index is 729. The van der Waals surface area contributed by atoms with Crippen molar-refractivity contribution in [3.05, 3.63) is 41.2 Å². The number of benzene rings is 1. The lowest BCUT2D eigenvalue weighted by Gasteiger charge is -1.97. The summed E-state index contributed by atoms with van der Waals surface area (Å²) < 4.78 is 5.19. The third kappa shape index (κ3) is 2.86. The van der Waals surface area contributed by atoms with Crippen LogP contribution >= 0.6 is 23.4 Å². The highest BCUT2D eigenvalue weighted by atomic mass is 35.5. The Balaban J connectivity index is 1.75. The number of hydrogen-bond acceptors (Lipinski definition) is 5. The topological polar surface area (TPSA) is 63.7 Å². The van der Waals surface area contributed by atoms with E-state index < -0.39 is 0 Å². The van der Waals surface area contributed by atoms with Gasteiger partial charge in [0.05, 0.1) is 23.8 Å². The number of thioether (sulfide) groups is 1. The Kier molecular flexibility index (Phi) is 3.75. The fraction of sp³-hybridized carbons (Fsp3) is 0.154. The van der Waals surface area contributed by atoms with Gasteiger partial charge >= 0.3 is 0 Å². The molecular formula is C13H11ClN4OS. The van der Waals surface area contributed by atoms with E-state index in [0.717, 1.165) is 27.6 Å². The van der Waals surface area contributed by atoms with Crippen molar-refractivity contribution in [3.8, 4) is 5.75 Å². The second kappa shape index (κ2) is 5.68. The Labute approximate surface area is 124 Å². The predicted octanol–water partition coefficient (Wildman–Crippen LogP) is 3.31. The number of nitrogens with zero attached hydrogens (tertiary/aromatic N) is 3. The molecule has 3 aromatic rings. The van der Waals surface area contributed by atoms with Gasteiger partial charge in [-0.05, 0) is 24.3 Å². The number of imidazole rings is 1. The molecule has 0 bridgehead atoms. The second-order valence-corrected chi connectivity index (χ2v) is 5.41. The smallest absolute Gasteiger partial charge is 0.166 e. The maximum absolute atomic E-state index is 5.70. The number of nitrogens with one attached hydrogen (secondary N) is 1. The molecular weight excluding hydrogens is 296 g/mol. The molecule has 0 aliphatic rings. The summed E-state index contributed by atoms with van der Waals surface area (Å²) in [7, 11) is 1.65. The summed E-state index contributed by atoms with van der Waals surface area (Å²) in [5, 5.41) is 9.06. The molecule has 0 unspecified atom stereocenters. The molecule has 1 aromatic carbocycles. The average molecular weight is 307 g/mol. The molecule has 0 atom stereocenters. The molecule has 1 N–H and O–H groups in total. The molecule has 0 aliphatic carbocycles. The summed E-state index contributed by atoms with van der Waals surface area (Å²) in [6.07, 6.45) is 0.